The highest BCUT2D eigenvalue weighted by atomic mass is 16.6. The highest BCUT2D eigenvalue weighted by molar-refractivity contribution is 5.86. The van der Waals surface area contributed by atoms with Crippen molar-refractivity contribution < 1.29 is 33.4 Å². The first kappa shape index (κ1) is 31.9. The highest BCUT2D eigenvalue weighted by Crippen LogP contribution is 2.21. The van der Waals surface area contributed by atoms with E-state index in [9.17, 15) is 19.2 Å². The minimum Gasteiger partial charge on any atom is -0.466 e. The Morgan fingerprint density at radius 3 is 2.33 bits per heavy atom. The lowest BCUT2D eigenvalue weighted by atomic mass is 9.93. The number of nitrogens with one attached hydrogen (secondary N) is 3. The van der Waals surface area contributed by atoms with Crippen molar-refractivity contribution in [3.05, 3.63) is 35.9 Å². The molecule has 0 aliphatic carbocycles. The SMILES string of the molecule is CC(=O)OCCC1CCN(C(=O)C(CNCCCNC(=O)OCc2ccccc2)NC(=O)OC(C)(C)C)CC1. The van der Waals surface area contributed by atoms with E-state index in [4.69, 9.17) is 14.2 Å². The van der Waals surface area contributed by atoms with Gasteiger partial charge in [-0.25, -0.2) is 9.59 Å². The molecule has 1 fully saturated rings. The molecule has 0 aromatic heterocycles. The average Bonchev–Trinajstić information content (AvgIpc) is 2.88. The number of benzene rings is 1. The molecule has 2 rings (SSSR count). The molecule has 39 heavy (non-hydrogen) atoms. The van der Waals surface area contributed by atoms with Gasteiger partial charge in [-0.3, -0.25) is 9.59 Å². The molecule has 1 unspecified atom stereocenters. The van der Waals surface area contributed by atoms with Crippen LogP contribution in [0.15, 0.2) is 30.3 Å². The van der Waals surface area contributed by atoms with Gasteiger partial charge in [-0.15, -0.1) is 0 Å². The molecule has 0 saturated carbocycles. The largest absolute Gasteiger partial charge is 0.466 e. The predicted octanol–water partition coefficient (Wildman–Crippen LogP) is 2.98. The summed E-state index contributed by atoms with van der Waals surface area (Å²) in [5, 5.41) is 8.61. The normalized spacial score (nSPS) is 14.7. The third kappa shape index (κ3) is 13.9. The fraction of sp³-hybridized carbons (Fsp3) is 0.643. The first-order chi connectivity index (χ1) is 18.5. The smallest absolute Gasteiger partial charge is 0.408 e. The Morgan fingerprint density at radius 2 is 1.69 bits per heavy atom. The summed E-state index contributed by atoms with van der Waals surface area (Å²) < 4.78 is 15.6. The second kappa shape index (κ2) is 16.6. The zero-order chi connectivity index (χ0) is 28.7. The summed E-state index contributed by atoms with van der Waals surface area (Å²) in [6, 6.07) is 8.64. The van der Waals surface area contributed by atoms with Gasteiger partial charge in [-0.05, 0) is 64.5 Å². The standard InChI is InChI=1S/C28H44N4O7/c1-21(33)37-18-13-22-11-16-32(17-12-22)25(34)24(31-27(36)39-28(2,3)4)19-29-14-8-15-30-26(35)38-20-23-9-6-5-7-10-23/h5-7,9-10,22,24,29H,8,11-20H2,1-4H3,(H,30,35)(H,31,36). The molecule has 1 atom stereocenters. The molecule has 1 saturated heterocycles. The molecule has 1 aromatic rings. The first-order valence-electron chi connectivity index (χ1n) is 13.6. The van der Waals surface area contributed by atoms with Gasteiger partial charge in [-0.2, -0.15) is 0 Å². The van der Waals surface area contributed by atoms with Gasteiger partial charge in [0.1, 0.15) is 18.2 Å². The fourth-order valence-electron chi connectivity index (χ4n) is 4.11. The van der Waals surface area contributed by atoms with Gasteiger partial charge in [0.25, 0.3) is 0 Å². The highest BCUT2D eigenvalue weighted by Gasteiger charge is 2.30. The van der Waals surface area contributed by atoms with Crippen molar-refractivity contribution in [2.24, 2.45) is 5.92 Å². The van der Waals surface area contributed by atoms with Crippen LogP contribution in [0.4, 0.5) is 9.59 Å². The number of esters is 1. The van der Waals surface area contributed by atoms with E-state index in [1.807, 2.05) is 30.3 Å². The number of carbonyl (C=O) groups is 4. The summed E-state index contributed by atoms with van der Waals surface area (Å²) in [7, 11) is 0. The van der Waals surface area contributed by atoms with Crippen molar-refractivity contribution in [2.75, 3.05) is 39.3 Å². The van der Waals surface area contributed by atoms with E-state index in [-0.39, 0.29) is 25.0 Å². The van der Waals surface area contributed by atoms with Crippen molar-refractivity contribution in [1.82, 2.24) is 20.9 Å². The maximum atomic E-state index is 13.3. The molecule has 218 valence electrons. The second-order valence-electron chi connectivity index (χ2n) is 10.6. The number of ether oxygens (including phenoxy) is 3. The van der Waals surface area contributed by atoms with Crippen LogP contribution in [0.25, 0.3) is 0 Å². The summed E-state index contributed by atoms with van der Waals surface area (Å²) in [5.74, 6) is -0.0740. The van der Waals surface area contributed by atoms with Gasteiger partial charge >= 0.3 is 18.2 Å². The zero-order valence-electron chi connectivity index (χ0n) is 23.6. The Kier molecular flexibility index (Phi) is 13.6. The summed E-state index contributed by atoms with van der Waals surface area (Å²) in [6.07, 6.45) is 1.87. The van der Waals surface area contributed by atoms with Gasteiger partial charge < -0.3 is 35.1 Å². The van der Waals surface area contributed by atoms with E-state index in [2.05, 4.69) is 16.0 Å². The zero-order valence-corrected chi connectivity index (χ0v) is 23.6. The summed E-state index contributed by atoms with van der Waals surface area (Å²) in [6.45, 7) is 9.58. The lowest BCUT2D eigenvalue weighted by Gasteiger charge is -2.34. The van der Waals surface area contributed by atoms with Crippen molar-refractivity contribution in [2.45, 2.75) is 71.6 Å². The molecular weight excluding hydrogens is 504 g/mol. The van der Waals surface area contributed by atoms with E-state index in [1.165, 1.54) is 6.92 Å². The minimum atomic E-state index is -0.791. The third-order valence-corrected chi connectivity index (χ3v) is 6.11. The van der Waals surface area contributed by atoms with Crippen LogP contribution in [-0.4, -0.2) is 79.9 Å². The molecule has 3 N–H and O–H groups in total. The molecule has 1 aromatic carbocycles. The van der Waals surface area contributed by atoms with Crippen LogP contribution in [0.2, 0.25) is 0 Å². The molecular formula is C28H44N4O7. The quantitative estimate of drug-likeness (QED) is 0.195. The lowest BCUT2D eigenvalue weighted by Crippen LogP contribution is -2.55. The third-order valence-electron chi connectivity index (χ3n) is 6.11. The molecule has 1 aliphatic heterocycles. The topological polar surface area (TPSA) is 135 Å². The first-order valence-corrected chi connectivity index (χ1v) is 13.6. The molecule has 1 aliphatic rings. The Bertz CT molecular complexity index is 912. The van der Waals surface area contributed by atoms with Crippen LogP contribution in [0.1, 0.15) is 58.9 Å². The maximum Gasteiger partial charge on any atom is 0.408 e. The number of hydrogen-bond acceptors (Lipinski definition) is 8. The van der Waals surface area contributed by atoms with Gasteiger partial charge in [0, 0.05) is 33.1 Å². The molecule has 0 radical (unpaired) electrons. The molecule has 11 heteroatoms. The summed E-state index contributed by atoms with van der Waals surface area (Å²) >= 11 is 0. The predicted molar refractivity (Wildman–Crippen MR) is 146 cm³/mol. The Balaban J connectivity index is 1.75. The molecule has 0 spiro atoms. The monoisotopic (exact) mass is 548 g/mol. The molecule has 11 nitrogen and oxygen atoms in total. The van der Waals surface area contributed by atoms with Crippen LogP contribution in [0.5, 0.6) is 0 Å². The molecule has 0 bridgehead atoms. The van der Waals surface area contributed by atoms with Crippen LogP contribution in [0.3, 0.4) is 0 Å². The van der Waals surface area contributed by atoms with Gasteiger partial charge in [0.05, 0.1) is 6.61 Å². The number of piperidine rings is 1. The lowest BCUT2D eigenvalue weighted by molar-refractivity contribution is -0.141. The second-order valence-corrected chi connectivity index (χ2v) is 10.6. The van der Waals surface area contributed by atoms with Crippen LogP contribution >= 0.6 is 0 Å². The number of hydrogen-bond donors (Lipinski definition) is 3. The van der Waals surface area contributed by atoms with E-state index in [0.29, 0.717) is 45.1 Å². The van der Waals surface area contributed by atoms with Gasteiger partial charge in [0.15, 0.2) is 0 Å². The van der Waals surface area contributed by atoms with Gasteiger partial charge in [-0.1, -0.05) is 30.3 Å². The number of nitrogens with zero attached hydrogens (tertiary/aromatic N) is 1. The van der Waals surface area contributed by atoms with Crippen molar-refractivity contribution in [3.63, 3.8) is 0 Å². The van der Waals surface area contributed by atoms with E-state index < -0.39 is 23.8 Å². The van der Waals surface area contributed by atoms with E-state index in [1.54, 1.807) is 25.7 Å². The van der Waals surface area contributed by atoms with E-state index in [0.717, 1.165) is 24.8 Å². The Labute approximate surface area is 231 Å². The number of alkyl carbamates (subject to hydrolysis) is 2. The van der Waals surface area contributed by atoms with Crippen LogP contribution in [-0.2, 0) is 30.4 Å². The number of likely N-dealkylation sites (tertiary alicyclic amines) is 1. The van der Waals surface area contributed by atoms with Crippen LogP contribution in [0, 0.1) is 5.92 Å². The molecule has 1 heterocycles. The summed E-state index contributed by atoms with van der Waals surface area (Å²) in [5.41, 5.74) is 0.223. The fourth-order valence-corrected chi connectivity index (χ4v) is 4.11. The average molecular weight is 549 g/mol. The van der Waals surface area contributed by atoms with Crippen molar-refractivity contribution >= 4 is 24.1 Å². The van der Waals surface area contributed by atoms with Crippen molar-refractivity contribution in [1.29, 1.82) is 0 Å². The number of rotatable bonds is 13. The maximum absolute atomic E-state index is 13.3. The number of carbonyl (C=O) groups excluding carboxylic acids is 4. The van der Waals surface area contributed by atoms with Crippen LogP contribution < -0.4 is 16.0 Å². The molecule has 3 amide bonds. The van der Waals surface area contributed by atoms with Gasteiger partial charge in [0.2, 0.25) is 5.91 Å². The minimum absolute atomic E-state index is 0.172. The Hall–Kier alpha value is -3.34. The Morgan fingerprint density at radius 1 is 1.00 bits per heavy atom. The van der Waals surface area contributed by atoms with Crippen molar-refractivity contribution in [3.8, 4) is 0 Å². The van der Waals surface area contributed by atoms with E-state index >= 15 is 0 Å². The number of amides is 3. The summed E-state index contributed by atoms with van der Waals surface area (Å²) in [4.78, 5) is 50.3.